The van der Waals surface area contributed by atoms with E-state index in [1.54, 1.807) is 0 Å². The van der Waals surface area contributed by atoms with Crippen molar-refractivity contribution >= 4 is 21.8 Å². The molecule has 0 unspecified atom stereocenters. The average Bonchev–Trinajstić information content (AvgIpc) is 3.74. The van der Waals surface area contributed by atoms with E-state index in [1.807, 2.05) is 0 Å². The number of nitrogens with zero attached hydrogens (tertiary/aromatic N) is 3. The summed E-state index contributed by atoms with van der Waals surface area (Å²) in [5.74, 6) is 0.734. The van der Waals surface area contributed by atoms with Crippen LogP contribution in [0.3, 0.4) is 0 Å². The van der Waals surface area contributed by atoms with Gasteiger partial charge in [-0.15, -0.1) is 0 Å². The van der Waals surface area contributed by atoms with Gasteiger partial charge in [0.05, 0.1) is 22.4 Å². The van der Waals surface area contributed by atoms with Gasteiger partial charge in [0, 0.05) is 44.1 Å². The zero-order chi connectivity index (χ0) is 38.8. The van der Waals surface area contributed by atoms with Crippen molar-refractivity contribution in [2.45, 2.75) is 19.3 Å². The first-order valence-electron chi connectivity index (χ1n) is 20.0. The molecule has 0 saturated carbocycles. The first kappa shape index (κ1) is 33.9. The predicted octanol–water partition coefficient (Wildman–Crippen LogP) is 14.2. The van der Waals surface area contributed by atoms with Crippen molar-refractivity contribution in [3.63, 3.8) is 0 Å². The summed E-state index contributed by atoms with van der Waals surface area (Å²) < 4.78 is 2.37. The lowest BCUT2D eigenvalue weighted by atomic mass is 9.80. The lowest BCUT2D eigenvalue weighted by molar-refractivity contribution is 0.658. The maximum absolute atomic E-state index is 5.43. The highest BCUT2D eigenvalue weighted by Crippen LogP contribution is 2.51. The molecule has 0 atom stereocenters. The van der Waals surface area contributed by atoms with Crippen LogP contribution in [0.4, 0.5) is 0 Å². The summed E-state index contributed by atoms with van der Waals surface area (Å²) in [5.41, 5.74) is 18.1. The molecule has 0 aliphatic heterocycles. The van der Waals surface area contributed by atoms with Crippen LogP contribution >= 0.6 is 0 Å². The fourth-order valence-corrected chi connectivity index (χ4v) is 9.13. The quantitative estimate of drug-likeness (QED) is 0.170. The van der Waals surface area contributed by atoms with Gasteiger partial charge in [0.15, 0.2) is 5.82 Å². The molecule has 10 aromatic rings. The summed E-state index contributed by atoms with van der Waals surface area (Å²) in [6.07, 6.45) is 0. The largest absolute Gasteiger partial charge is 0.309 e. The monoisotopic (exact) mass is 741 g/mol. The number of hydrogen-bond acceptors (Lipinski definition) is 2. The first-order valence-corrected chi connectivity index (χ1v) is 20.0. The Balaban J connectivity index is 1.01. The molecule has 2 aromatic heterocycles. The van der Waals surface area contributed by atoms with Crippen LogP contribution in [0.2, 0.25) is 0 Å². The SMILES string of the molecule is CC1(C)c2ccccc2-c2nc(-c3ccc(-c4ccccc4)cc3)nc(-c3cccc(-c4cccc(-c5ccc6c(c5)c5ccccc5n6-c5ccccc5)c4)c3)c21. The number of fused-ring (bicyclic) bond motifs is 6. The second kappa shape index (κ2) is 13.4. The van der Waals surface area contributed by atoms with Gasteiger partial charge in [0.2, 0.25) is 0 Å². The third kappa shape index (κ3) is 5.50. The van der Waals surface area contributed by atoms with Crippen molar-refractivity contribution in [3.8, 4) is 73.0 Å². The van der Waals surface area contributed by atoms with Crippen LogP contribution in [-0.2, 0) is 5.41 Å². The molecule has 1 aliphatic rings. The van der Waals surface area contributed by atoms with E-state index in [4.69, 9.17) is 9.97 Å². The fraction of sp³-hybridized carbons (Fsp3) is 0.0545. The maximum Gasteiger partial charge on any atom is 0.160 e. The Hall–Kier alpha value is -7.36. The smallest absolute Gasteiger partial charge is 0.160 e. The van der Waals surface area contributed by atoms with Gasteiger partial charge in [0.25, 0.3) is 0 Å². The van der Waals surface area contributed by atoms with Gasteiger partial charge in [-0.05, 0) is 81.4 Å². The minimum atomic E-state index is -0.269. The van der Waals surface area contributed by atoms with Crippen molar-refractivity contribution < 1.29 is 0 Å². The highest BCUT2D eigenvalue weighted by Gasteiger charge is 2.40. The third-order valence-corrected chi connectivity index (χ3v) is 12.0. The normalized spacial score (nSPS) is 12.8. The summed E-state index contributed by atoms with van der Waals surface area (Å²) >= 11 is 0. The number of hydrogen-bond donors (Lipinski definition) is 0. The van der Waals surface area contributed by atoms with E-state index in [-0.39, 0.29) is 5.41 Å². The fourth-order valence-electron chi connectivity index (χ4n) is 9.13. The highest BCUT2D eigenvalue weighted by atomic mass is 15.0. The van der Waals surface area contributed by atoms with E-state index in [0.29, 0.717) is 0 Å². The zero-order valence-electron chi connectivity index (χ0n) is 32.4. The number of para-hydroxylation sites is 2. The van der Waals surface area contributed by atoms with Gasteiger partial charge >= 0.3 is 0 Å². The molecular weight excluding hydrogens is 703 g/mol. The second-order valence-electron chi connectivity index (χ2n) is 15.8. The molecule has 0 saturated heterocycles. The van der Waals surface area contributed by atoms with Crippen LogP contribution < -0.4 is 0 Å². The Morgan fingerprint density at radius 1 is 0.379 bits per heavy atom. The predicted molar refractivity (Wildman–Crippen MR) is 241 cm³/mol. The van der Waals surface area contributed by atoms with Crippen molar-refractivity contribution in [3.05, 3.63) is 211 Å². The summed E-state index contributed by atoms with van der Waals surface area (Å²) in [5, 5.41) is 2.50. The van der Waals surface area contributed by atoms with E-state index >= 15 is 0 Å². The molecule has 58 heavy (non-hydrogen) atoms. The Kier molecular flexibility index (Phi) is 7.84. The third-order valence-electron chi connectivity index (χ3n) is 12.0. The second-order valence-corrected chi connectivity index (χ2v) is 15.8. The molecule has 11 rings (SSSR count). The molecule has 3 heteroatoms. The standard InChI is InChI=1S/C55H39N3/c1-55(2)48-25-11-9-24-46(48)53-51(55)52(56-54(57-53)38-29-27-37(28-30-38)36-15-5-3-6-16-36)43-20-14-19-41(34-43)39-17-13-18-40(33-39)42-31-32-50-47(35-42)45-23-10-12-26-49(45)58(50)44-21-7-4-8-22-44/h3-35H,1-2H3. The molecule has 1 aliphatic carbocycles. The van der Waals surface area contributed by atoms with E-state index in [2.05, 4.69) is 219 Å². The van der Waals surface area contributed by atoms with Crippen LogP contribution in [0, 0.1) is 0 Å². The van der Waals surface area contributed by atoms with Gasteiger partial charge in [-0.1, -0.05) is 172 Å². The highest BCUT2D eigenvalue weighted by molar-refractivity contribution is 6.10. The van der Waals surface area contributed by atoms with Gasteiger partial charge in [0.1, 0.15) is 0 Å². The van der Waals surface area contributed by atoms with Gasteiger partial charge in [-0.25, -0.2) is 9.97 Å². The van der Waals surface area contributed by atoms with Gasteiger partial charge in [-0.3, -0.25) is 0 Å². The van der Waals surface area contributed by atoms with Gasteiger partial charge in [-0.2, -0.15) is 0 Å². The molecule has 8 aromatic carbocycles. The van der Waals surface area contributed by atoms with Crippen molar-refractivity contribution in [2.24, 2.45) is 0 Å². The Bertz CT molecular complexity index is 3170. The number of aromatic nitrogens is 3. The lowest BCUT2D eigenvalue weighted by Gasteiger charge is -2.24. The molecule has 0 N–H and O–H groups in total. The maximum atomic E-state index is 5.43. The first-order chi connectivity index (χ1) is 28.5. The van der Waals surface area contributed by atoms with Crippen molar-refractivity contribution in [1.29, 1.82) is 0 Å². The molecule has 0 fully saturated rings. The minimum absolute atomic E-state index is 0.269. The summed E-state index contributed by atoms with van der Waals surface area (Å²) in [4.78, 5) is 10.8. The lowest BCUT2D eigenvalue weighted by Crippen LogP contribution is -2.17. The van der Waals surface area contributed by atoms with Gasteiger partial charge < -0.3 is 4.57 Å². The van der Waals surface area contributed by atoms with Crippen LogP contribution in [0.5, 0.6) is 0 Å². The molecule has 0 spiro atoms. The summed E-state index contributed by atoms with van der Waals surface area (Å²) in [6.45, 7) is 4.61. The van der Waals surface area contributed by atoms with E-state index < -0.39 is 0 Å². The zero-order valence-corrected chi connectivity index (χ0v) is 32.4. The minimum Gasteiger partial charge on any atom is -0.309 e. The van der Waals surface area contributed by atoms with Crippen LogP contribution in [0.15, 0.2) is 200 Å². The Morgan fingerprint density at radius 3 is 1.66 bits per heavy atom. The molecular formula is C55H39N3. The van der Waals surface area contributed by atoms with E-state index in [9.17, 15) is 0 Å². The van der Waals surface area contributed by atoms with Crippen molar-refractivity contribution in [1.82, 2.24) is 14.5 Å². The molecule has 0 amide bonds. The number of rotatable bonds is 6. The number of benzene rings is 8. The average molecular weight is 742 g/mol. The molecule has 0 radical (unpaired) electrons. The molecule has 2 heterocycles. The summed E-state index contributed by atoms with van der Waals surface area (Å²) in [6, 6.07) is 71.9. The van der Waals surface area contributed by atoms with Crippen molar-refractivity contribution in [2.75, 3.05) is 0 Å². The molecule has 274 valence electrons. The molecule has 3 nitrogen and oxygen atoms in total. The van der Waals surface area contributed by atoms with E-state index in [0.717, 1.165) is 45.2 Å². The molecule has 0 bridgehead atoms. The van der Waals surface area contributed by atoms with Crippen LogP contribution in [0.1, 0.15) is 25.0 Å². The topological polar surface area (TPSA) is 30.7 Å². The Morgan fingerprint density at radius 2 is 0.897 bits per heavy atom. The van der Waals surface area contributed by atoms with E-state index in [1.165, 1.54) is 60.8 Å². The summed E-state index contributed by atoms with van der Waals surface area (Å²) in [7, 11) is 0. The van der Waals surface area contributed by atoms with Crippen LogP contribution in [0.25, 0.3) is 94.8 Å². The van der Waals surface area contributed by atoms with Crippen LogP contribution in [-0.4, -0.2) is 14.5 Å². The Labute approximate surface area is 338 Å².